The third-order valence-electron chi connectivity index (χ3n) is 2.47. The molecule has 0 fully saturated rings. The lowest BCUT2D eigenvalue weighted by Crippen LogP contribution is -2.39. The van der Waals surface area contributed by atoms with Gasteiger partial charge in [0.05, 0.1) is 13.2 Å². The van der Waals surface area contributed by atoms with Crippen molar-refractivity contribution in [2.24, 2.45) is 0 Å². The molecule has 0 aromatic heterocycles. The van der Waals surface area contributed by atoms with Crippen LogP contribution in [0.2, 0.25) is 0 Å². The van der Waals surface area contributed by atoms with Gasteiger partial charge >= 0.3 is 0 Å². The van der Waals surface area contributed by atoms with Crippen LogP contribution in [0, 0.1) is 0 Å². The molecule has 2 N–H and O–H groups in total. The smallest absolute Gasteiger partial charge is 0.236 e. The van der Waals surface area contributed by atoms with Crippen molar-refractivity contribution in [3.63, 3.8) is 0 Å². The summed E-state index contributed by atoms with van der Waals surface area (Å²) in [7, 11) is 0. The molecule has 0 saturated carbocycles. The molecule has 94 valence electrons. The van der Waals surface area contributed by atoms with Crippen LogP contribution in [0.1, 0.15) is 12.5 Å². The highest BCUT2D eigenvalue weighted by Crippen LogP contribution is 2.04. The number of amides is 1. The minimum Gasteiger partial charge on any atom is -0.395 e. The van der Waals surface area contributed by atoms with Crippen LogP contribution in [0.3, 0.4) is 0 Å². The first-order chi connectivity index (χ1) is 8.27. The summed E-state index contributed by atoms with van der Waals surface area (Å²) in [5, 5.41) is 12.0. The molecule has 0 heterocycles. The Bertz CT molecular complexity index is 327. The summed E-state index contributed by atoms with van der Waals surface area (Å²) in [5.74, 6) is 0.0183. The maximum Gasteiger partial charge on any atom is 0.236 e. The lowest BCUT2D eigenvalue weighted by molar-refractivity contribution is -0.131. The Balaban J connectivity index is 2.56. The number of carbonyl (C=O) groups excluding carboxylic acids is 1. The van der Waals surface area contributed by atoms with Crippen molar-refractivity contribution >= 4 is 5.91 Å². The zero-order valence-electron chi connectivity index (χ0n) is 10.2. The zero-order chi connectivity index (χ0) is 12.5. The van der Waals surface area contributed by atoms with Gasteiger partial charge in [-0.3, -0.25) is 4.79 Å². The van der Waals surface area contributed by atoms with E-state index in [-0.39, 0.29) is 12.5 Å². The number of hydrogen-bond donors (Lipinski definition) is 2. The summed E-state index contributed by atoms with van der Waals surface area (Å²) < 4.78 is 0. The second-order valence-electron chi connectivity index (χ2n) is 3.80. The van der Waals surface area contributed by atoms with Crippen molar-refractivity contribution in [1.82, 2.24) is 10.2 Å². The zero-order valence-corrected chi connectivity index (χ0v) is 10.2. The molecule has 1 aromatic rings. The Labute approximate surface area is 102 Å². The van der Waals surface area contributed by atoms with Gasteiger partial charge in [0.2, 0.25) is 5.91 Å². The second kappa shape index (κ2) is 7.81. The van der Waals surface area contributed by atoms with E-state index < -0.39 is 0 Å². The summed E-state index contributed by atoms with van der Waals surface area (Å²) in [6.07, 6.45) is 0. The SMILES string of the molecule is CCNCC(=O)N(CCO)Cc1ccccc1. The van der Waals surface area contributed by atoms with Gasteiger partial charge in [-0.15, -0.1) is 0 Å². The maximum atomic E-state index is 11.8. The molecular weight excluding hydrogens is 216 g/mol. The first kappa shape index (κ1) is 13.7. The molecule has 0 unspecified atom stereocenters. The number of hydrogen-bond acceptors (Lipinski definition) is 3. The minimum absolute atomic E-state index is 0.00923. The van der Waals surface area contributed by atoms with Crippen LogP contribution in [0.5, 0.6) is 0 Å². The third-order valence-corrected chi connectivity index (χ3v) is 2.47. The van der Waals surface area contributed by atoms with Crippen molar-refractivity contribution in [2.75, 3.05) is 26.2 Å². The Hall–Kier alpha value is -1.39. The van der Waals surface area contributed by atoms with Crippen molar-refractivity contribution in [1.29, 1.82) is 0 Å². The van der Waals surface area contributed by atoms with Crippen molar-refractivity contribution in [3.8, 4) is 0 Å². The number of aliphatic hydroxyl groups excluding tert-OH is 1. The van der Waals surface area contributed by atoms with Gasteiger partial charge in [-0.05, 0) is 12.1 Å². The molecule has 0 saturated heterocycles. The van der Waals surface area contributed by atoms with E-state index in [9.17, 15) is 4.79 Å². The van der Waals surface area contributed by atoms with Crippen LogP contribution in [-0.4, -0.2) is 42.2 Å². The number of benzene rings is 1. The van der Waals surface area contributed by atoms with Crippen LogP contribution in [0.4, 0.5) is 0 Å². The highest BCUT2D eigenvalue weighted by Gasteiger charge is 2.12. The van der Waals surface area contributed by atoms with E-state index in [1.54, 1.807) is 4.90 Å². The van der Waals surface area contributed by atoms with Crippen molar-refractivity contribution in [2.45, 2.75) is 13.5 Å². The standard InChI is InChI=1S/C13H20N2O2/c1-2-14-10-13(17)15(8-9-16)11-12-6-4-3-5-7-12/h3-7,14,16H,2,8-11H2,1H3. The fourth-order valence-corrected chi connectivity index (χ4v) is 1.56. The van der Waals surface area contributed by atoms with Crippen molar-refractivity contribution in [3.05, 3.63) is 35.9 Å². The number of nitrogens with one attached hydrogen (secondary N) is 1. The summed E-state index contributed by atoms with van der Waals surface area (Å²) in [6.45, 7) is 3.96. The van der Waals surface area contributed by atoms with Crippen molar-refractivity contribution < 1.29 is 9.90 Å². The fourth-order valence-electron chi connectivity index (χ4n) is 1.56. The molecule has 0 spiro atoms. The van der Waals surface area contributed by atoms with Crippen LogP contribution in [-0.2, 0) is 11.3 Å². The molecule has 0 atom stereocenters. The summed E-state index contributed by atoms with van der Waals surface area (Å²) in [6, 6.07) is 9.79. The molecule has 0 bridgehead atoms. The molecule has 0 aliphatic rings. The average Bonchev–Trinajstić information content (AvgIpc) is 2.36. The second-order valence-corrected chi connectivity index (χ2v) is 3.80. The Morgan fingerprint density at radius 1 is 1.35 bits per heavy atom. The van der Waals surface area contributed by atoms with E-state index in [0.717, 1.165) is 12.1 Å². The number of aliphatic hydroxyl groups is 1. The van der Waals surface area contributed by atoms with E-state index >= 15 is 0 Å². The van der Waals surface area contributed by atoms with E-state index in [1.807, 2.05) is 37.3 Å². The first-order valence-electron chi connectivity index (χ1n) is 5.91. The lowest BCUT2D eigenvalue weighted by atomic mass is 10.2. The van der Waals surface area contributed by atoms with E-state index in [2.05, 4.69) is 5.32 Å². The van der Waals surface area contributed by atoms with Crippen LogP contribution in [0.15, 0.2) is 30.3 Å². The highest BCUT2D eigenvalue weighted by molar-refractivity contribution is 5.78. The lowest BCUT2D eigenvalue weighted by Gasteiger charge is -2.22. The molecule has 0 aliphatic heterocycles. The molecule has 0 radical (unpaired) electrons. The van der Waals surface area contributed by atoms with Gasteiger partial charge in [0.15, 0.2) is 0 Å². The molecule has 1 aromatic carbocycles. The predicted molar refractivity (Wildman–Crippen MR) is 67.5 cm³/mol. The first-order valence-corrected chi connectivity index (χ1v) is 5.91. The molecule has 17 heavy (non-hydrogen) atoms. The number of carbonyl (C=O) groups is 1. The van der Waals surface area contributed by atoms with Gasteiger partial charge < -0.3 is 15.3 Å². The number of nitrogens with zero attached hydrogens (tertiary/aromatic N) is 1. The van der Waals surface area contributed by atoms with Gasteiger partial charge in [-0.2, -0.15) is 0 Å². The molecular formula is C13H20N2O2. The summed E-state index contributed by atoms with van der Waals surface area (Å²) in [5.41, 5.74) is 1.07. The summed E-state index contributed by atoms with van der Waals surface area (Å²) in [4.78, 5) is 13.5. The molecule has 1 amide bonds. The van der Waals surface area contributed by atoms with Crippen LogP contribution < -0.4 is 5.32 Å². The third kappa shape index (κ3) is 4.97. The van der Waals surface area contributed by atoms with Gasteiger partial charge in [0.25, 0.3) is 0 Å². The predicted octanol–water partition coefficient (Wildman–Crippen LogP) is 0.617. The quantitative estimate of drug-likeness (QED) is 0.729. The van der Waals surface area contributed by atoms with Crippen LogP contribution in [0.25, 0.3) is 0 Å². The Morgan fingerprint density at radius 3 is 2.65 bits per heavy atom. The topological polar surface area (TPSA) is 52.6 Å². The summed E-state index contributed by atoms with van der Waals surface area (Å²) >= 11 is 0. The minimum atomic E-state index is -0.00923. The fraction of sp³-hybridized carbons (Fsp3) is 0.462. The number of rotatable bonds is 7. The Morgan fingerprint density at radius 2 is 2.06 bits per heavy atom. The van der Waals surface area contributed by atoms with Crippen LogP contribution >= 0.6 is 0 Å². The van der Waals surface area contributed by atoms with Gasteiger partial charge in [0.1, 0.15) is 0 Å². The van der Waals surface area contributed by atoms with Gasteiger partial charge in [-0.1, -0.05) is 37.3 Å². The number of likely N-dealkylation sites (N-methyl/N-ethyl adjacent to an activating group) is 1. The van der Waals surface area contributed by atoms with E-state index in [1.165, 1.54) is 0 Å². The van der Waals surface area contributed by atoms with Gasteiger partial charge in [-0.25, -0.2) is 0 Å². The van der Waals surface area contributed by atoms with E-state index in [0.29, 0.717) is 19.6 Å². The maximum absolute atomic E-state index is 11.8. The molecule has 0 aliphatic carbocycles. The van der Waals surface area contributed by atoms with Gasteiger partial charge in [0, 0.05) is 13.1 Å². The monoisotopic (exact) mass is 236 g/mol. The average molecular weight is 236 g/mol. The Kier molecular flexibility index (Phi) is 6.29. The normalized spacial score (nSPS) is 10.2. The highest BCUT2D eigenvalue weighted by atomic mass is 16.3. The molecule has 4 nitrogen and oxygen atoms in total. The van der Waals surface area contributed by atoms with E-state index in [4.69, 9.17) is 5.11 Å². The molecule has 4 heteroatoms. The molecule has 1 rings (SSSR count). The largest absolute Gasteiger partial charge is 0.395 e.